The molecule has 1 atom stereocenters. The van der Waals surface area contributed by atoms with Crippen LogP contribution in [-0.2, 0) is 9.47 Å². The summed E-state index contributed by atoms with van der Waals surface area (Å²) in [7, 11) is 1.25. The van der Waals surface area contributed by atoms with Crippen molar-refractivity contribution in [3.05, 3.63) is 64.3 Å². The number of aromatic nitrogens is 2. The predicted octanol–water partition coefficient (Wildman–Crippen LogP) is 8.34. The number of carbonyl (C=O) groups excluding carboxylic acids is 2. The number of alkyl halides is 3. The van der Waals surface area contributed by atoms with Crippen LogP contribution in [0.3, 0.4) is 0 Å². The Labute approximate surface area is 277 Å². The summed E-state index contributed by atoms with van der Waals surface area (Å²) in [5.74, 6) is -0.341. The van der Waals surface area contributed by atoms with Gasteiger partial charge in [-0.25, -0.2) is 14.6 Å². The quantitative estimate of drug-likeness (QED) is 0.170. The van der Waals surface area contributed by atoms with E-state index in [1.807, 2.05) is 20.8 Å². The second-order valence-corrected chi connectivity index (χ2v) is 13.2. The number of nitrogens with zero attached hydrogens (tertiary/aromatic N) is 3. The van der Waals surface area contributed by atoms with E-state index in [1.54, 1.807) is 40.7 Å². The van der Waals surface area contributed by atoms with Crippen LogP contribution in [0.2, 0.25) is 5.02 Å². The largest absolute Gasteiger partial charge is 0.573 e. The highest BCUT2D eigenvalue weighted by molar-refractivity contribution is 7.16. The highest BCUT2D eigenvalue weighted by Gasteiger charge is 2.32. The molecule has 1 aliphatic heterocycles. The SMILES string of the molecule is COC(=O)c1sc(-n2cnc3cc(OC(F)(F)F)ccc32)cc1O[C@H](C)c1cccc(OC2CCN(C(=O)OC(C)(C)C)CC2)c1Cl. The summed E-state index contributed by atoms with van der Waals surface area (Å²) >= 11 is 7.87. The third-order valence-corrected chi connectivity index (χ3v) is 8.67. The molecule has 0 radical (unpaired) electrons. The van der Waals surface area contributed by atoms with Gasteiger partial charge in [-0.05, 0) is 45.9 Å². The molecular weight excluding hydrogens is 663 g/mol. The predicted molar refractivity (Wildman–Crippen MR) is 169 cm³/mol. The smallest absolute Gasteiger partial charge is 0.489 e. The van der Waals surface area contributed by atoms with Gasteiger partial charge in [0.1, 0.15) is 46.4 Å². The molecule has 252 valence electrons. The normalized spacial score (nSPS) is 15.0. The number of piperidine rings is 1. The molecule has 15 heteroatoms. The van der Waals surface area contributed by atoms with Gasteiger partial charge in [0.05, 0.1) is 23.2 Å². The number of thiophene rings is 1. The molecule has 2 aromatic heterocycles. The Morgan fingerprint density at radius 3 is 2.45 bits per heavy atom. The number of carbonyl (C=O) groups is 2. The molecule has 1 amide bonds. The van der Waals surface area contributed by atoms with E-state index in [-0.39, 0.29) is 28.3 Å². The zero-order valence-corrected chi connectivity index (χ0v) is 27.8. The summed E-state index contributed by atoms with van der Waals surface area (Å²) in [4.78, 5) is 31.2. The maximum Gasteiger partial charge on any atom is 0.573 e. The fraction of sp³-hybridized carbons (Fsp3) is 0.406. The van der Waals surface area contributed by atoms with Gasteiger partial charge in [-0.3, -0.25) is 4.57 Å². The van der Waals surface area contributed by atoms with E-state index in [1.165, 1.54) is 31.6 Å². The van der Waals surface area contributed by atoms with E-state index < -0.39 is 29.8 Å². The molecule has 5 rings (SSSR count). The van der Waals surface area contributed by atoms with Crippen LogP contribution < -0.4 is 14.2 Å². The molecule has 0 N–H and O–H groups in total. The van der Waals surface area contributed by atoms with Crippen LogP contribution >= 0.6 is 22.9 Å². The second kappa shape index (κ2) is 13.5. The van der Waals surface area contributed by atoms with Crippen LogP contribution in [0, 0.1) is 0 Å². The molecule has 47 heavy (non-hydrogen) atoms. The number of ether oxygens (including phenoxy) is 5. The minimum absolute atomic E-state index is 0.163. The molecule has 0 aliphatic carbocycles. The van der Waals surface area contributed by atoms with Crippen molar-refractivity contribution in [1.29, 1.82) is 0 Å². The van der Waals surface area contributed by atoms with Gasteiger partial charge < -0.3 is 28.6 Å². The van der Waals surface area contributed by atoms with Crippen molar-refractivity contribution in [3.8, 4) is 22.2 Å². The Bertz CT molecular complexity index is 1760. The van der Waals surface area contributed by atoms with Gasteiger partial charge in [-0.15, -0.1) is 24.5 Å². The Kier molecular flexibility index (Phi) is 9.83. The monoisotopic (exact) mass is 695 g/mol. The minimum Gasteiger partial charge on any atom is -0.489 e. The number of halogens is 4. The number of imidazole rings is 1. The van der Waals surface area contributed by atoms with Crippen molar-refractivity contribution < 1.29 is 46.4 Å². The van der Waals surface area contributed by atoms with Crippen LogP contribution in [0.15, 0.2) is 48.8 Å². The molecule has 10 nitrogen and oxygen atoms in total. The van der Waals surface area contributed by atoms with E-state index >= 15 is 0 Å². The summed E-state index contributed by atoms with van der Waals surface area (Å²) in [6.45, 7) is 8.23. The lowest BCUT2D eigenvalue weighted by molar-refractivity contribution is -0.274. The molecule has 0 saturated carbocycles. The third kappa shape index (κ3) is 8.22. The van der Waals surface area contributed by atoms with Crippen molar-refractivity contribution in [3.63, 3.8) is 0 Å². The Balaban J connectivity index is 1.32. The second-order valence-electron chi connectivity index (χ2n) is 11.8. The van der Waals surface area contributed by atoms with Crippen molar-refractivity contribution in [1.82, 2.24) is 14.5 Å². The fourth-order valence-electron chi connectivity index (χ4n) is 5.02. The van der Waals surface area contributed by atoms with Crippen LogP contribution in [0.5, 0.6) is 17.2 Å². The average Bonchev–Trinajstić information content (AvgIpc) is 3.60. The van der Waals surface area contributed by atoms with E-state index in [0.717, 1.165) is 11.3 Å². The summed E-state index contributed by atoms with van der Waals surface area (Å²) in [6, 6.07) is 10.8. The molecule has 4 aromatic rings. The number of fused-ring (bicyclic) bond motifs is 1. The van der Waals surface area contributed by atoms with Crippen LogP contribution in [0.1, 0.15) is 61.9 Å². The Morgan fingerprint density at radius 1 is 1.06 bits per heavy atom. The Morgan fingerprint density at radius 2 is 1.79 bits per heavy atom. The summed E-state index contributed by atoms with van der Waals surface area (Å²) < 4.78 is 66.7. The van der Waals surface area contributed by atoms with Gasteiger partial charge in [0.25, 0.3) is 0 Å². The first-order valence-electron chi connectivity index (χ1n) is 14.7. The lowest BCUT2D eigenvalue weighted by atomic mass is 10.1. The molecule has 1 saturated heterocycles. The number of amides is 1. The number of likely N-dealkylation sites (tertiary alicyclic amines) is 1. The topological polar surface area (TPSA) is 101 Å². The standard InChI is InChI=1S/C32H33ClF3N3O7S/c1-18(21-7-6-8-24(27(21)33)44-19-11-13-38(14-12-19)30(41)46-31(2,3)4)43-25-16-26(47-28(25)29(40)42-5)39-17-37-22-15-20(9-10-23(22)39)45-32(34,35)36/h6-10,15-19H,11-14H2,1-5H3/t18-/m1/s1. The number of rotatable bonds is 8. The molecular formula is C32H33ClF3N3O7S. The molecule has 2 aromatic carbocycles. The maximum atomic E-state index is 12.7. The number of benzene rings is 2. The van der Waals surface area contributed by atoms with Crippen molar-refractivity contribution in [2.24, 2.45) is 0 Å². The first-order chi connectivity index (χ1) is 22.1. The molecule has 1 fully saturated rings. The maximum absolute atomic E-state index is 12.7. The summed E-state index contributed by atoms with van der Waals surface area (Å²) in [5, 5.41) is 0.864. The summed E-state index contributed by atoms with van der Waals surface area (Å²) in [6.07, 6.45) is -3.35. The Hall–Kier alpha value is -4.17. The number of hydrogen-bond donors (Lipinski definition) is 0. The van der Waals surface area contributed by atoms with Gasteiger partial charge in [0.15, 0.2) is 4.88 Å². The van der Waals surface area contributed by atoms with E-state index in [4.69, 9.17) is 30.5 Å². The molecule has 0 bridgehead atoms. The van der Waals surface area contributed by atoms with E-state index in [0.29, 0.717) is 52.8 Å². The molecule has 0 spiro atoms. The molecule has 1 aliphatic rings. The van der Waals surface area contributed by atoms with E-state index in [9.17, 15) is 22.8 Å². The van der Waals surface area contributed by atoms with Gasteiger partial charge in [0, 0.05) is 43.6 Å². The van der Waals surface area contributed by atoms with Crippen molar-refractivity contribution >= 4 is 46.0 Å². The molecule has 0 unspecified atom stereocenters. The van der Waals surface area contributed by atoms with Gasteiger partial charge in [0.2, 0.25) is 0 Å². The fourth-order valence-corrected chi connectivity index (χ4v) is 6.33. The van der Waals surface area contributed by atoms with Crippen LogP contribution in [-0.4, -0.2) is 64.8 Å². The third-order valence-electron chi connectivity index (χ3n) is 7.17. The highest BCUT2D eigenvalue weighted by Crippen LogP contribution is 2.40. The van der Waals surface area contributed by atoms with Crippen LogP contribution in [0.4, 0.5) is 18.0 Å². The minimum atomic E-state index is -4.84. The zero-order chi connectivity index (χ0) is 34.1. The average molecular weight is 696 g/mol. The lowest BCUT2D eigenvalue weighted by Crippen LogP contribution is -2.44. The van der Waals surface area contributed by atoms with Crippen LogP contribution in [0.25, 0.3) is 16.0 Å². The molecule has 3 heterocycles. The van der Waals surface area contributed by atoms with Gasteiger partial charge >= 0.3 is 18.4 Å². The number of methoxy groups -OCH3 is 1. The number of esters is 1. The lowest BCUT2D eigenvalue weighted by Gasteiger charge is -2.33. The van der Waals surface area contributed by atoms with Crippen molar-refractivity contribution in [2.75, 3.05) is 20.2 Å². The number of hydrogen-bond acceptors (Lipinski definition) is 9. The first-order valence-corrected chi connectivity index (χ1v) is 15.9. The zero-order valence-electron chi connectivity index (χ0n) is 26.2. The van der Waals surface area contributed by atoms with E-state index in [2.05, 4.69) is 9.72 Å². The summed E-state index contributed by atoms with van der Waals surface area (Å²) in [5.41, 5.74) is 0.788. The first kappa shape index (κ1) is 34.2. The van der Waals surface area contributed by atoms with Gasteiger partial charge in [-0.1, -0.05) is 23.7 Å². The van der Waals surface area contributed by atoms with Gasteiger partial charge in [-0.2, -0.15) is 0 Å². The van der Waals surface area contributed by atoms with Crippen molar-refractivity contribution in [2.45, 2.75) is 64.7 Å². The highest BCUT2D eigenvalue weighted by atomic mass is 35.5.